The molecule has 2 N–H and O–H groups in total. The summed E-state index contributed by atoms with van der Waals surface area (Å²) in [4.78, 5) is 40.6. The molecule has 8 heteroatoms. The Hall–Kier alpha value is -3.55. The highest BCUT2D eigenvalue weighted by molar-refractivity contribution is 5.96. The molecule has 0 aromatic heterocycles. The Bertz CT molecular complexity index is 1160. The maximum Gasteiger partial charge on any atom is 0.410 e. The standard InChI is InChI=1S/C30H38FN3O4/c1-19(32)22-9-6-21(7-10-22)8-15-27(35)20(2)33-28(36)26-18-24(23-11-13-25(31)14-12-23)16-17-34(26)29(37)38-30(3,4)5/h6-7,9-14,20,24,26,32H,8,15-18H2,1-5H3,(H,33,36)/t20-,24-,26+/m0/s1. The van der Waals surface area contributed by atoms with Crippen molar-refractivity contribution in [1.29, 1.82) is 5.41 Å². The third-order valence-corrected chi connectivity index (χ3v) is 6.76. The monoisotopic (exact) mass is 523 g/mol. The van der Waals surface area contributed by atoms with Gasteiger partial charge in [0.15, 0.2) is 5.78 Å². The number of carbonyl (C=O) groups is 3. The lowest BCUT2D eigenvalue weighted by Gasteiger charge is -2.39. The molecule has 1 saturated heterocycles. The summed E-state index contributed by atoms with van der Waals surface area (Å²) in [6, 6.07) is 12.2. The van der Waals surface area contributed by atoms with Crippen molar-refractivity contribution in [1.82, 2.24) is 10.2 Å². The summed E-state index contributed by atoms with van der Waals surface area (Å²) >= 11 is 0. The fourth-order valence-corrected chi connectivity index (χ4v) is 4.59. The van der Waals surface area contributed by atoms with Crippen LogP contribution in [0.4, 0.5) is 9.18 Å². The summed E-state index contributed by atoms with van der Waals surface area (Å²) in [5.74, 6) is -0.888. The number of nitrogens with one attached hydrogen (secondary N) is 2. The number of ether oxygens (including phenoxy) is 1. The first kappa shape index (κ1) is 29.0. The zero-order valence-electron chi connectivity index (χ0n) is 22.8. The van der Waals surface area contributed by atoms with Crippen LogP contribution in [0.25, 0.3) is 0 Å². The predicted octanol–water partition coefficient (Wildman–Crippen LogP) is 5.40. The first-order valence-electron chi connectivity index (χ1n) is 13.1. The van der Waals surface area contributed by atoms with Crippen LogP contribution in [0.3, 0.4) is 0 Å². The highest BCUT2D eigenvalue weighted by Crippen LogP contribution is 2.33. The van der Waals surface area contributed by atoms with Gasteiger partial charge >= 0.3 is 6.09 Å². The van der Waals surface area contributed by atoms with Crippen LogP contribution in [0.2, 0.25) is 0 Å². The number of hydrogen-bond donors (Lipinski definition) is 2. The highest BCUT2D eigenvalue weighted by atomic mass is 19.1. The van der Waals surface area contributed by atoms with Crippen LogP contribution < -0.4 is 5.32 Å². The third kappa shape index (κ3) is 7.97. The van der Waals surface area contributed by atoms with Gasteiger partial charge in [0.2, 0.25) is 5.91 Å². The summed E-state index contributed by atoms with van der Waals surface area (Å²) in [5, 5.41) is 10.5. The minimum absolute atomic E-state index is 0.0383. The van der Waals surface area contributed by atoms with Crippen LogP contribution >= 0.6 is 0 Å². The van der Waals surface area contributed by atoms with Crippen molar-refractivity contribution in [3.8, 4) is 0 Å². The lowest BCUT2D eigenvalue weighted by Crippen LogP contribution is -2.56. The van der Waals surface area contributed by atoms with Crippen molar-refractivity contribution in [3.63, 3.8) is 0 Å². The van der Waals surface area contributed by atoms with Gasteiger partial charge in [-0.1, -0.05) is 36.4 Å². The van der Waals surface area contributed by atoms with E-state index >= 15 is 0 Å². The first-order chi connectivity index (χ1) is 17.8. The highest BCUT2D eigenvalue weighted by Gasteiger charge is 2.39. The Balaban J connectivity index is 1.67. The molecule has 0 radical (unpaired) electrons. The molecule has 2 amide bonds. The average molecular weight is 524 g/mol. The van der Waals surface area contributed by atoms with Gasteiger partial charge in [-0.3, -0.25) is 14.5 Å². The van der Waals surface area contributed by atoms with Gasteiger partial charge in [-0.15, -0.1) is 0 Å². The molecule has 1 heterocycles. The van der Waals surface area contributed by atoms with E-state index in [4.69, 9.17) is 10.1 Å². The molecule has 204 valence electrons. The third-order valence-electron chi connectivity index (χ3n) is 6.76. The molecule has 0 aliphatic carbocycles. The number of halogens is 1. The van der Waals surface area contributed by atoms with E-state index in [0.29, 0.717) is 31.5 Å². The number of aryl methyl sites for hydroxylation is 1. The van der Waals surface area contributed by atoms with E-state index in [1.165, 1.54) is 17.0 Å². The number of piperidine rings is 1. The zero-order chi connectivity index (χ0) is 28.0. The Morgan fingerprint density at radius 3 is 2.32 bits per heavy atom. The molecule has 0 spiro atoms. The van der Waals surface area contributed by atoms with Crippen LogP contribution in [-0.4, -0.2) is 52.6 Å². The molecule has 0 unspecified atom stereocenters. The van der Waals surface area contributed by atoms with E-state index in [0.717, 1.165) is 16.7 Å². The molecule has 1 fully saturated rings. The smallest absolute Gasteiger partial charge is 0.410 e. The van der Waals surface area contributed by atoms with Gasteiger partial charge in [0.1, 0.15) is 17.5 Å². The molecule has 0 bridgehead atoms. The summed E-state index contributed by atoms with van der Waals surface area (Å²) in [5.41, 5.74) is 2.48. The second-order valence-corrected chi connectivity index (χ2v) is 11.0. The van der Waals surface area contributed by atoms with Gasteiger partial charge in [-0.25, -0.2) is 9.18 Å². The SMILES string of the molecule is CC(=N)c1ccc(CCC(=O)[C@H](C)NC(=O)[C@H]2C[C@@H](c3ccc(F)cc3)CCN2C(=O)OC(C)(C)C)cc1. The second-order valence-electron chi connectivity index (χ2n) is 11.0. The number of rotatable bonds is 8. The van der Waals surface area contributed by atoms with Crippen molar-refractivity contribution in [2.45, 2.75) is 83.9 Å². The molecule has 2 aromatic carbocycles. The van der Waals surface area contributed by atoms with E-state index in [9.17, 15) is 18.8 Å². The number of likely N-dealkylation sites (tertiary alicyclic amines) is 1. The fraction of sp³-hybridized carbons (Fsp3) is 0.467. The zero-order valence-corrected chi connectivity index (χ0v) is 22.8. The van der Waals surface area contributed by atoms with E-state index in [2.05, 4.69) is 5.32 Å². The van der Waals surface area contributed by atoms with E-state index in [1.807, 2.05) is 24.3 Å². The number of benzene rings is 2. The molecule has 3 rings (SSSR count). The number of amides is 2. The van der Waals surface area contributed by atoms with E-state index in [-0.39, 0.29) is 23.9 Å². The maximum absolute atomic E-state index is 13.5. The molecule has 7 nitrogen and oxygen atoms in total. The number of hydrogen-bond acceptors (Lipinski definition) is 5. The minimum Gasteiger partial charge on any atom is -0.444 e. The Morgan fingerprint density at radius 2 is 1.74 bits per heavy atom. The number of nitrogens with zero attached hydrogens (tertiary/aromatic N) is 1. The largest absolute Gasteiger partial charge is 0.444 e. The van der Waals surface area contributed by atoms with Gasteiger partial charge in [0.25, 0.3) is 0 Å². The van der Waals surface area contributed by atoms with Gasteiger partial charge in [-0.05, 0) is 88.6 Å². The molecular weight excluding hydrogens is 485 g/mol. The number of Topliss-reactive ketones (excluding diaryl/α,β-unsaturated/α-hetero) is 1. The summed E-state index contributed by atoms with van der Waals surface area (Å²) in [6.07, 6.45) is 1.16. The predicted molar refractivity (Wildman–Crippen MR) is 145 cm³/mol. The number of carbonyl (C=O) groups excluding carboxylic acids is 3. The second kappa shape index (κ2) is 12.3. The molecule has 0 saturated carbocycles. The van der Waals surface area contributed by atoms with Crippen LogP contribution in [0.1, 0.15) is 76.5 Å². The van der Waals surface area contributed by atoms with E-state index < -0.39 is 29.7 Å². The van der Waals surface area contributed by atoms with Gasteiger partial charge in [0, 0.05) is 18.7 Å². The minimum atomic E-state index is -0.819. The van der Waals surface area contributed by atoms with Crippen molar-refractivity contribution in [2.24, 2.45) is 0 Å². The Labute approximate surface area is 224 Å². The Morgan fingerprint density at radius 1 is 1.11 bits per heavy atom. The van der Waals surface area contributed by atoms with E-state index in [1.54, 1.807) is 46.8 Å². The topological polar surface area (TPSA) is 99.6 Å². The first-order valence-corrected chi connectivity index (χ1v) is 13.1. The fourth-order valence-electron chi connectivity index (χ4n) is 4.59. The van der Waals surface area contributed by atoms with Crippen molar-refractivity contribution in [2.75, 3.05) is 6.54 Å². The van der Waals surface area contributed by atoms with Gasteiger partial charge in [-0.2, -0.15) is 0 Å². The molecule has 2 aromatic rings. The molecule has 1 aliphatic heterocycles. The Kier molecular flexibility index (Phi) is 9.41. The summed E-state index contributed by atoms with van der Waals surface area (Å²) in [6.45, 7) is 8.99. The summed E-state index contributed by atoms with van der Waals surface area (Å²) in [7, 11) is 0. The molecule has 38 heavy (non-hydrogen) atoms. The lowest BCUT2D eigenvalue weighted by molar-refractivity contribution is -0.131. The van der Waals surface area contributed by atoms with Crippen molar-refractivity contribution < 1.29 is 23.5 Å². The van der Waals surface area contributed by atoms with Crippen molar-refractivity contribution in [3.05, 3.63) is 71.0 Å². The van der Waals surface area contributed by atoms with Crippen LogP contribution in [0.5, 0.6) is 0 Å². The van der Waals surface area contributed by atoms with Gasteiger partial charge < -0.3 is 15.5 Å². The number of ketones is 1. The normalized spacial score (nSPS) is 18.4. The van der Waals surface area contributed by atoms with Crippen LogP contribution in [-0.2, 0) is 20.7 Å². The van der Waals surface area contributed by atoms with Crippen LogP contribution in [0.15, 0.2) is 48.5 Å². The van der Waals surface area contributed by atoms with Crippen LogP contribution in [0, 0.1) is 11.2 Å². The average Bonchev–Trinajstić information content (AvgIpc) is 2.86. The molecule has 1 aliphatic rings. The quantitative estimate of drug-likeness (QED) is 0.452. The van der Waals surface area contributed by atoms with Gasteiger partial charge in [0.05, 0.1) is 6.04 Å². The lowest BCUT2D eigenvalue weighted by atomic mass is 9.85. The molecular formula is C30H38FN3O4. The maximum atomic E-state index is 13.5. The summed E-state index contributed by atoms with van der Waals surface area (Å²) < 4.78 is 19.0. The molecule has 3 atom stereocenters. The van der Waals surface area contributed by atoms with Crippen molar-refractivity contribution >= 4 is 23.5 Å².